The van der Waals surface area contributed by atoms with E-state index in [2.05, 4.69) is 20.1 Å². The normalized spacial score (nSPS) is 15.5. The largest absolute Gasteiger partial charge is 0.333 e. The monoisotopic (exact) mass is 312 g/mol. The van der Waals surface area contributed by atoms with Gasteiger partial charge in [-0.15, -0.1) is 11.3 Å². The summed E-state index contributed by atoms with van der Waals surface area (Å²) in [4.78, 5) is 14.2. The van der Waals surface area contributed by atoms with Gasteiger partial charge in [0.2, 0.25) is 0 Å². The van der Waals surface area contributed by atoms with Crippen LogP contribution in [-0.4, -0.2) is 20.1 Å². The average Bonchev–Trinajstić information content (AvgIpc) is 3.29. The molecule has 5 nitrogen and oxygen atoms in total. The van der Waals surface area contributed by atoms with Crippen molar-refractivity contribution in [2.24, 2.45) is 0 Å². The van der Waals surface area contributed by atoms with Gasteiger partial charge in [-0.05, 0) is 24.5 Å². The Morgan fingerprint density at radius 3 is 3.00 bits per heavy atom. The lowest BCUT2D eigenvalue weighted by Crippen LogP contribution is -1.95. The highest BCUT2D eigenvalue weighted by Crippen LogP contribution is 2.39. The molecule has 1 saturated carbocycles. The smallest absolute Gasteiger partial charge is 0.269 e. The van der Waals surface area contributed by atoms with Gasteiger partial charge < -0.3 is 4.52 Å². The summed E-state index contributed by atoms with van der Waals surface area (Å²) in [5.41, 5.74) is 4.10. The van der Waals surface area contributed by atoms with Crippen molar-refractivity contribution >= 4 is 11.3 Å². The lowest BCUT2D eigenvalue weighted by molar-refractivity contribution is 0.424. The van der Waals surface area contributed by atoms with Gasteiger partial charge in [-0.2, -0.15) is 4.98 Å². The number of nitrogens with zero attached hydrogens (tertiary/aromatic N) is 4. The maximum atomic E-state index is 5.47. The van der Waals surface area contributed by atoms with Crippen LogP contribution in [0.15, 0.2) is 34.6 Å². The van der Waals surface area contributed by atoms with E-state index in [4.69, 9.17) is 4.52 Å². The molecule has 0 atom stereocenters. The van der Waals surface area contributed by atoms with Crippen molar-refractivity contribution < 1.29 is 4.52 Å². The molecule has 0 unspecified atom stereocenters. The molecule has 6 heteroatoms. The van der Waals surface area contributed by atoms with Crippen LogP contribution in [0.5, 0.6) is 0 Å². The number of hydrogen-bond acceptors (Lipinski definition) is 6. The van der Waals surface area contributed by atoms with Crippen molar-refractivity contribution in [2.75, 3.05) is 0 Å². The zero-order valence-electron chi connectivity index (χ0n) is 12.1. The summed E-state index contributed by atoms with van der Waals surface area (Å²) in [5.74, 6) is 1.84. The maximum Gasteiger partial charge on any atom is 0.269 e. The zero-order chi connectivity index (χ0) is 14.8. The third-order valence-electron chi connectivity index (χ3n) is 4.08. The van der Waals surface area contributed by atoms with Crippen LogP contribution in [-0.2, 0) is 6.42 Å². The second-order valence-corrected chi connectivity index (χ2v) is 6.46. The number of hydrogen-bond donors (Lipinski definition) is 0. The minimum Gasteiger partial charge on any atom is -0.333 e. The average molecular weight is 312 g/mol. The van der Waals surface area contributed by atoms with Gasteiger partial charge in [-0.1, -0.05) is 24.1 Å². The highest BCUT2D eigenvalue weighted by Gasteiger charge is 2.25. The molecule has 1 fully saturated rings. The summed E-state index contributed by atoms with van der Waals surface area (Å²) in [6, 6.07) is 3.93. The first kappa shape index (κ1) is 13.6. The number of aromatic nitrogens is 4. The molecule has 0 aromatic carbocycles. The fourth-order valence-corrected chi connectivity index (χ4v) is 3.80. The van der Waals surface area contributed by atoms with Crippen molar-refractivity contribution in [1.29, 1.82) is 0 Å². The van der Waals surface area contributed by atoms with Crippen LogP contribution < -0.4 is 0 Å². The van der Waals surface area contributed by atoms with E-state index in [0.717, 1.165) is 16.1 Å². The lowest BCUT2D eigenvalue weighted by Gasteiger charge is -2.05. The quantitative estimate of drug-likeness (QED) is 0.732. The lowest BCUT2D eigenvalue weighted by atomic mass is 10.0. The molecule has 0 radical (unpaired) electrons. The fraction of sp³-hybridized carbons (Fsp3) is 0.375. The molecule has 3 aromatic rings. The van der Waals surface area contributed by atoms with Gasteiger partial charge in [0.05, 0.1) is 11.2 Å². The molecule has 0 bridgehead atoms. The summed E-state index contributed by atoms with van der Waals surface area (Å²) in [5, 5.41) is 4.10. The Labute approximate surface area is 132 Å². The SMILES string of the molecule is c1cncc(Cc2noc(-c3scnc3C3CCCC3)n2)c1. The van der Waals surface area contributed by atoms with E-state index < -0.39 is 0 Å². The van der Waals surface area contributed by atoms with Gasteiger partial charge in [0.25, 0.3) is 5.89 Å². The van der Waals surface area contributed by atoms with Gasteiger partial charge in [-0.25, -0.2) is 4.98 Å². The minimum atomic E-state index is 0.551. The van der Waals surface area contributed by atoms with E-state index in [-0.39, 0.29) is 0 Å². The highest BCUT2D eigenvalue weighted by atomic mass is 32.1. The van der Waals surface area contributed by atoms with Crippen molar-refractivity contribution in [1.82, 2.24) is 20.1 Å². The first-order chi connectivity index (χ1) is 10.9. The number of thiazole rings is 1. The Bertz CT molecular complexity index is 746. The van der Waals surface area contributed by atoms with Gasteiger partial charge >= 0.3 is 0 Å². The molecular weight excluding hydrogens is 296 g/mol. The first-order valence-corrected chi connectivity index (χ1v) is 8.43. The third-order valence-corrected chi connectivity index (χ3v) is 4.91. The number of pyridine rings is 1. The van der Waals surface area contributed by atoms with Crippen LogP contribution in [0, 0.1) is 0 Å². The number of rotatable bonds is 4. The van der Waals surface area contributed by atoms with Crippen molar-refractivity contribution in [3.63, 3.8) is 0 Å². The van der Waals surface area contributed by atoms with Gasteiger partial charge in [0, 0.05) is 24.7 Å². The molecule has 3 aromatic heterocycles. The first-order valence-electron chi connectivity index (χ1n) is 7.55. The predicted octanol–water partition coefficient (Wildman–Crippen LogP) is 3.84. The van der Waals surface area contributed by atoms with Crippen LogP contribution >= 0.6 is 11.3 Å². The second-order valence-electron chi connectivity index (χ2n) is 5.60. The summed E-state index contributed by atoms with van der Waals surface area (Å²) in [7, 11) is 0. The van der Waals surface area contributed by atoms with E-state index in [0.29, 0.717) is 24.1 Å². The standard InChI is InChI=1S/C16H16N4OS/c1-2-6-12(5-1)14-15(22-10-18-14)16-19-13(20-21-16)8-11-4-3-7-17-9-11/h3-4,7,9-10,12H,1-2,5-6,8H2. The molecule has 0 aliphatic heterocycles. The summed E-state index contributed by atoms with van der Waals surface area (Å²) in [6.07, 6.45) is 9.23. The molecule has 0 saturated heterocycles. The van der Waals surface area contributed by atoms with Crippen LogP contribution in [0.3, 0.4) is 0 Å². The molecule has 0 amide bonds. The van der Waals surface area contributed by atoms with Crippen LogP contribution in [0.4, 0.5) is 0 Å². The molecule has 1 aliphatic rings. The third kappa shape index (κ3) is 2.66. The van der Waals surface area contributed by atoms with E-state index in [1.807, 2.05) is 23.8 Å². The summed E-state index contributed by atoms with van der Waals surface area (Å²) >= 11 is 1.59. The fourth-order valence-electron chi connectivity index (χ4n) is 3.01. The molecule has 1 aliphatic carbocycles. The highest BCUT2D eigenvalue weighted by molar-refractivity contribution is 7.13. The van der Waals surface area contributed by atoms with E-state index >= 15 is 0 Å². The molecular formula is C16H16N4OS. The van der Waals surface area contributed by atoms with Gasteiger partial charge in [0.1, 0.15) is 4.88 Å². The molecule has 0 spiro atoms. The van der Waals surface area contributed by atoms with Crippen LogP contribution in [0.2, 0.25) is 0 Å². The Hall–Kier alpha value is -2.08. The summed E-state index contributed by atoms with van der Waals surface area (Å²) < 4.78 is 5.47. The van der Waals surface area contributed by atoms with E-state index in [1.54, 1.807) is 17.5 Å². The van der Waals surface area contributed by atoms with Crippen molar-refractivity contribution in [2.45, 2.75) is 38.0 Å². The Kier molecular flexibility index (Phi) is 3.68. The van der Waals surface area contributed by atoms with Crippen molar-refractivity contribution in [3.8, 4) is 10.8 Å². The van der Waals surface area contributed by atoms with Gasteiger partial charge in [0.15, 0.2) is 5.82 Å². The molecule has 22 heavy (non-hydrogen) atoms. The summed E-state index contributed by atoms with van der Waals surface area (Å²) in [6.45, 7) is 0. The van der Waals surface area contributed by atoms with Crippen LogP contribution in [0.1, 0.15) is 48.7 Å². The predicted molar refractivity (Wildman–Crippen MR) is 83.7 cm³/mol. The second kappa shape index (κ2) is 5.96. The Morgan fingerprint density at radius 2 is 2.18 bits per heavy atom. The van der Waals surface area contributed by atoms with Crippen molar-refractivity contribution in [3.05, 3.63) is 47.1 Å². The molecule has 3 heterocycles. The van der Waals surface area contributed by atoms with Crippen LogP contribution in [0.25, 0.3) is 10.8 Å². The molecule has 0 N–H and O–H groups in total. The molecule has 4 rings (SSSR count). The zero-order valence-corrected chi connectivity index (χ0v) is 12.9. The maximum absolute atomic E-state index is 5.47. The van der Waals surface area contributed by atoms with E-state index in [1.165, 1.54) is 25.7 Å². The Morgan fingerprint density at radius 1 is 1.27 bits per heavy atom. The van der Waals surface area contributed by atoms with Gasteiger partial charge in [-0.3, -0.25) is 4.98 Å². The minimum absolute atomic E-state index is 0.551. The topological polar surface area (TPSA) is 64.7 Å². The van der Waals surface area contributed by atoms with E-state index in [9.17, 15) is 0 Å². The molecule has 112 valence electrons. The Balaban J connectivity index is 1.58.